The Morgan fingerprint density at radius 3 is 2.33 bits per heavy atom. The number of halogens is 3. The Morgan fingerprint density at radius 2 is 1.80 bits per heavy atom. The van der Waals surface area contributed by atoms with Crippen LogP contribution < -0.4 is 11.2 Å². The molecular formula is C16H19F3N6O3S2. The van der Waals surface area contributed by atoms with Crippen molar-refractivity contribution in [3.05, 3.63) is 30.1 Å². The minimum absolute atomic E-state index is 0.126. The number of carbonyl (C=O) groups is 1. The third-order valence-corrected chi connectivity index (χ3v) is 7.36. The summed E-state index contributed by atoms with van der Waals surface area (Å²) in [6.45, 7) is 2.43. The van der Waals surface area contributed by atoms with Crippen LogP contribution in [0, 0.1) is 0 Å². The summed E-state index contributed by atoms with van der Waals surface area (Å²) in [5.41, 5.74) is 0.345. The standard InChI is InChI=1S/C16H19F3N6O3S2/c1-10(29-15-23-22-14(25(15)20)16(17,18)19)13(26)21-11-4-6-12(7-5-11)30(27,28)24-8-2-3-9-24/h4-7,10H,2-3,8-9,20H2,1H3,(H,21,26). The number of benzene rings is 1. The normalized spacial score (nSPS) is 16.5. The number of alkyl halides is 3. The Kier molecular flexibility index (Phi) is 6.29. The van der Waals surface area contributed by atoms with Crippen LogP contribution in [-0.4, -0.2) is 51.8 Å². The molecule has 3 rings (SSSR count). The number of carbonyl (C=O) groups excluding carboxylic acids is 1. The molecule has 30 heavy (non-hydrogen) atoms. The van der Waals surface area contributed by atoms with Crippen molar-refractivity contribution < 1.29 is 26.4 Å². The number of anilines is 1. The third kappa shape index (κ3) is 4.70. The fraction of sp³-hybridized carbons (Fsp3) is 0.438. The molecule has 0 bridgehead atoms. The lowest BCUT2D eigenvalue weighted by molar-refractivity contribution is -0.146. The minimum atomic E-state index is -4.76. The molecule has 2 aromatic rings. The fourth-order valence-corrected chi connectivity index (χ4v) is 5.08. The molecule has 3 N–H and O–H groups in total. The van der Waals surface area contributed by atoms with Crippen LogP contribution in [-0.2, 0) is 21.0 Å². The van der Waals surface area contributed by atoms with Crippen LogP contribution >= 0.6 is 11.8 Å². The SMILES string of the molecule is CC(Sc1nnc(C(F)(F)F)n1N)C(=O)Nc1ccc(S(=O)(=O)N2CCCC2)cc1. The lowest BCUT2D eigenvalue weighted by Crippen LogP contribution is -2.28. The highest BCUT2D eigenvalue weighted by Crippen LogP contribution is 2.30. The number of sulfonamides is 1. The van der Waals surface area contributed by atoms with Crippen LogP contribution in [0.2, 0.25) is 0 Å². The molecule has 1 aliphatic heterocycles. The summed E-state index contributed by atoms with van der Waals surface area (Å²) in [5.74, 6) is 3.47. The number of thioether (sulfide) groups is 1. The molecule has 1 aromatic heterocycles. The number of nitrogens with two attached hydrogens (primary N) is 1. The van der Waals surface area contributed by atoms with Gasteiger partial charge in [-0.1, -0.05) is 11.8 Å². The third-order valence-electron chi connectivity index (χ3n) is 4.39. The molecule has 1 atom stereocenters. The van der Waals surface area contributed by atoms with Crippen LogP contribution in [0.15, 0.2) is 34.3 Å². The molecule has 1 unspecified atom stereocenters. The second kappa shape index (κ2) is 8.43. The Labute approximate surface area is 174 Å². The first-order valence-electron chi connectivity index (χ1n) is 8.85. The van der Waals surface area contributed by atoms with Gasteiger partial charge >= 0.3 is 6.18 Å². The van der Waals surface area contributed by atoms with Crippen molar-refractivity contribution in [2.24, 2.45) is 0 Å². The summed E-state index contributed by atoms with van der Waals surface area (Å²) in [7, 11) is -3.56. The van der Waals surface area contributed by atoms with Crippen LogP contribution in [0.1, 0.15) is 25.6 Å². The van der Waals surface area contributed by atoms with Crippen molar-refractivity contribution in [3.8, 4) is 0 Å². The quantitative estimate of drug-likeness (QED) is 0.494. The molecular weight excluding hydrogens is 445 g/mol. The molecule has 1 fully saturated rings. The Bertz CT molecular complexity index is 1020. The van der Waals surface area contributed by atoms with E-state index in [0.717, 1.165) is 12.8 Å². The smallest absolute Gasteiger partial charge is 0.335 e. The van der Waals surface area contributed by atoms with Crippen molar-refractivity contribution in [3.63, 3.8) is 0 Å². The lowest BCUT2D eigenvalue weighted by atomic mass is 10.3. The zero-order chi connectivity index (χ0) is 22.1. The van der Waals surface area contributed by atoms with Crippen molar-refractivity contribution in [2.45, 2.75) is 41.2 Å². The zero-order valence-corrected chi connectivity index (χ0v) is 17.4. The topological polar surface area (TPSA) is 123 Å². The molecule has 0 spiro atoms. The summed E-state index contributed by atoms with van der Waals surface area (Å²) in [6, 6.07) is 5.69. The van der Waals surface area contributed by atoms with E-state index in [0.29, 0.717) is 30.5 Å². The fourth-order valence-electron chi connectivity index (χ4n) is 2.79. The van der Waals surface area contributed by atoms with Gasteiger partial charge in [-0.05, 0) is 44.0 Å². The number of nitrogens with one attached hydrogen (secondary N) is 1. The maximum atomic E-state index is 12.7. The second-order valence-electron chi connectivity index (χ2n) is 6.56. The van der Waals surface area contributed by atoms with E-state index >= 15 is 0 Å². The predicted octanol–water partition coefficient (Wildman–Crippen LogP) is 1.91. The maximum absolute atomic E-state index is 12.7. The van der Waals surface area contributed by atoms with E-state index < -0.39 is 33.2 Å². The predicted molar refractivity (Wildman–Crippen MR) is 104 cm³/mol. The highest BCUT2D eigenvalue weighted by Gasteiger charge is 2.38. The van der Waals surface area contributed by atoms with Crippen molar-refractivity contribution >= 4 is 33.4 Å². The van der Waals surface area contributed by atoms with E-state index in [-0.39, 0.29) is 14.7 Å². The molecule has 14 heteroatoms. The number of hydrogen-bond acceptors (Lipinski definition) is 7. The first-order chi connectivity index (χ1) is 14.0. The van der Waals surface area contributed by atoms with Gasteiger partial charge in [0.2, 0.25) is 21.1 Å². The lowest BCUT2D eigenvalue weighted by Gasteiger charge is -2.16. The average molecular weight is 464 g/mol. The van der Waals surface area contributed by atoms with Crippen molar-refractivity contribution in [2.75, 3.05) is 24.2 Å². The summed E-state index contributed by atoms with van der Waals surface area (Å²) in [5, 5.41) is 7.84. The molecule has 0 aliphatic carbocycles. The van der Waals surface area contributed by atoms with Crippen LogP contribution in [0.3, 0.4) is 0 Å². The van der Waals surface area contributed by atoms with Crippen molar-refractivity contribution in [1.82, 2.24) is 19.2 Å². The zero-order valence-electron chi connectivity index (χ0n) is 15.8. The summed E-state index contributed by atoms with van der Waals surface area (Å²) in [4.78, 5) is 12.5. The maximum Gasteiger partial charge on any atom is 0.453 e. The molecule has 1 saturated heterocycles. The minimum Gasteiger partial charge on any atom is -0.335 e. The Hall–Kier alpha value is -2.32. The highest BCUT2D eigenvalue weighted by molar-refractivity contribution is 8.00. The van der Waals surface area contributed by atoms with Crippen molar-refractivity contribution in [1.29, 1.82) is 0 Å². The van der Waals surface area contributed by atoms with E-state index in [4.69, 9.17) is 5.84 Å². The van der Waals surface area contributed by atoms with Gasteiger partial charge in [0.25, 0.3) is 5.82 Å². The number of rotatable bonds is 6. The molecule has 0 saturated carbocycles. The van der Waals surface area contributed by atoms with E-state index in [1.165, 1.54) is 35.5 Å². The first kappa shape index (κ1) is 22.4. The molecule has 0 radical (unpaired) electrons. The van der Waals surface area contributed by atoms with Gasteiger partial charge in [0, 0.05) is 18.8 Å². The van der Waals surface area contributed by atoms with Gasteiger partial charge in [-0.15, -0.1) is 10.2 Å². The summed E-state index contributed by atoms with van der Waals surface area (Å²) >= 11 is 0.708. The summed E-state index contributed by atoms with van der Waals surface area (Å²) in [6.07, 6.45) is -3.11. The van der Waals surface area contributed by atoms with E-state index in [2.05, 4.69) is 15.5 Å². The largest absolute Gasteiger partial charge is 0.453 e. The number of amides is 1. The molecule has 2 heterocycles. The number of nitrogens with zero attached hydrogens (tertiary/aromatic N) is 4. The van der Waals surface area contributed by atoms with Gasteiger partial charge in [-0.3, -0.25) is 4.79 Å². The number of hydrogen-bond donors (Lipinski definition) is 2. The van der Waals surface area contributed by atoms with Gasteiger partial charge in [0.05, 0.1) is 10.1 Å². The molecule has 1 amide bonds. The number of nitrogen functional groups attached to an aromatic ring is 1. The first-order valence-corrected chi connectivity index (χ1v) is 11.2. The average Bonchev–Trinajstić information content (AvgIpc) is 3.33. The Balaban J connectivity index is 1.64. The van der Waals surface area contributed by atoms with Crippen LogP contribution in [0.5, 0.6) is 0 Å². The molecule has 164 valence electrons. The van der Waals surface area contributed by atoms with Crippen LogP contribution in [0.25, 0.3) is 0 Å². The molecule has 9 nitrogen and oxygen atoms in total. The monoisotopic (exact) mass is 464 g/mol. The summed E-state index contributed by atoms with van der Waals surface area (Å²) < 4.78 is 64.9. The van der Waals surface area contributed by atoms with Gasteiger partial charge in [-0.25, -0.2) is 13.1 Å². The molecule has 1 aromatic carbocycles. The highest BCUT2D eigenvalue weighted by atomic mass is 32.2. The van der Waals surface area contributed by atoms with Crippen LogP contribution in [0.4, 0.5) is 18.9 Å². The number of aromatic nitrogens is 3. The van der Waals surface area contributed by atoms with E-state index in [1.807, 2.05) is 0 Å². The van der Waals surface area contributed by atoms with Gasteiger partial charge < -0.3 is 11.2 Å². The van der Waals surface area contributed by atoms with Gasteiger partial charge in [0.15, 0.2) is 0 Å². The van der Waals surface area contributed by atoms with Gasteiger partial charge in [0.1, 0.15) is 0 Å². The van der Waals surface area contributed by atoms with E-state index in [1.54, 1.807) is 0 Å². The Morgan fingerprint density at radius 1 is 1.20 bits per heavy atom. The van der Waals surface area contributed by atoms with Gasteiger partial charge in [-0.2, -0.15) is 17.5 Å². The second-order valence-corrected chi connectivity index (χ2v) is 9.80. The molecule has 1 aliphatic rings. The van der Waals surface area contributed by atoms with E-state index in [9.17, 15) is 26.4 Å².